The van der Waals surface area contributed by atoms with E-state index in [0.717, 1.165) is 5.56 Å². The zero-order valence-electron chi connectivity index (χ0n) is 31.8. The first-order valence-electron chi connectivity index (χ1n) is 18.2. The quantitative estimate of drug-likeness (QED) is 0.124. The van der Waals surface area contributed by atoms with Crippen LogP contribution >= 0.6 is 11.6 Å². The molecule has 2 heterocycles. The van der Waals surface area contributed by atoms with Gasteiger partial charge in [-0.2, -0.15) is 0 Å². The maximum atomic E-state index is 14.4. The van der Waals surface area contributed by atoms with Gasteiger partial charge in [-0.3, -0.25) is 28.8 Å². The second kappa shape index (κ2) is 19.6. The third kappa shape index (κ3) is 12.4. The summed E-state index contributed by atoms with van der Waals surface area (Å²) in [5, 5.41) is 7.55. The van der Waals surface area contributed by atoms with Gasteiger partial charge < -0.3 is 34.7 Å². The van der Waals surface area contributed by atoms with Crippen LogP contribution in [0, 0.1) is 5.92 Å². The van der Waals surface area contributed by atoms with Crippen molar-refractivity contribution in [3.05, 3.63) is 83.1 Å². The summed E-state index contributed by atoms with van der Waals surface area (Å²) < 4.78 is 44.4. The molecule has 0 saturated carbocycles. The number of furan rings is 1. The number of carbonyl (C=O) groups is 6. The molecule has 16 heteroatoms. The second-order valence-corrected chi connectivity index (χ2v) is 14.9. The van der Waals surface area contributed by atoms with Crippen LogP contribution in [0.3, 0.4) is 0 Å². The largest absolute Gasteiger partial charge is 0.459 e. The van der Waals surface area contributed by atoms with Gasteiger partial charge in [0.25, 0.3) is 11.8 Å². The Balaban J connectivity index is 1.55. The number of ether oxygens (including phenoxy) is 2. The van der Waals surface area contributed by atoms with E-state index in [9.17, 15) is 37.5 Å². The molecule has 1 aliphatic rings. The van der Waals surface area contributed by atoms with Gasteiger partial charge in [-0.25, -0.2) is 8.78 Å². The van der Waals surface area contributed by atoms with E-state index in [0.29, 0.717) is 22.8 Å². The zero-order valence-corrected chi connectivity index (χ0v) is 32.6. The molecule has 13 nitrogen and oxygen atoms in total. The Kier molecular flexibility index (Phi) is 15.3. The van der Waals surface area contributed by atoms with Crippen molar-refractivity contribution in [2.24, 2.45) is 5.92 Å². The third-order valence-electron chi connectivity index (χ3n) is 8.99. The molecular formula is C40H47ClF2N4O9. The normalized spacial score (nSPS) is 17.1. The lowest BCUT2D eigenvalue weighted by molar-refractivity contribution is -0.155. The average Bonchev–Trinajstić information content (AvgIpc) is 3.82. The highest BCUT2D eigenvalue weighted by molar-refractivity contribution is 6.38. The summed E-state index contributed by atoms with van der Waals surface area (Å²) in [5.74, 6) is -6.16. The molecule has 56 heavy (non-hydrogen) atoms. The van der Waals surface area contributed by atoms with Gasteiger partial charge in [0.05, 0.1) is 12.7 Å². The van der Waals surface area contributed by atoms with Crippen molar-refractivity contribution in [1.82, 2.24) is 20.9 Å². The minimum Gasteiger partial charge on any atom is -0.459 e. The first-order chi connectivity index (χ1) is 26.4. The molecule has 4 amide bonds. The molecule has 1 fully saturated rings. The number of nitrogens with zero attached hydrogens (tertiary/aromatic N) is 1. The fraction of sp³-hybridized carbons (Fsp3) is 0.450. The molecule has 302 valence electrons. The van der Waals surface area contributed by atoms with Gasteiger partial charge in [0.1, 0.15) is 36.0 Å². The minimum atomic E-state index is -3.11. The third-order valence-corrected chi connectivity index (χ3v) is 9.24. The second-order valence-electron chi connectivity index (χ2n) is 14.5. The molecule has 3 N–H and O–H groups in total. The number of amides is 4. The summed E-state index contributed by atoms with van der Waals surface area (Å²) in [5.41, 5.74) is 0.599. The van der Waals surface area contributed by atoms with Gasteiger partial charge in [0, 0.05) is 30.0 Å². The van der Waals surface area contributed by atoms with Gasteiger partial charge >= 0.3 is 5.97 Å². The van der Waals surface area contributed by atoms with Crippen molar-refractivity contribution < 1.29 is 51.4 Å². The fourth-order valence-corrected chi connectivity index (χ4v) is 6.08. The smallest absolute Gasteiger partial charge is 0.325 e. The standard InChI is InChI=1S/C40H47ClF2N4O9/c1-6-23(2)34(46-37(51)31-17-16-30(55-31)25-12-14-26(41)15-13-25)39(53)47-21-27(54-22-24-10-8-7-9-11-24)18-29(47)36(50)45-28(19-32(42)43)35(49)38(52)44-20-33(48)56-40(3,4)5/h7-17,23,27-29,32,34H,6,18-22H2,1-5H3,(H,44,52)(H,45,50)(H,46,51)/t23-,27-,28+,29+,34+/m1/s1. The van der Waals surface area contributed by atoms with Gasteiger partial charge in [0.15, 0.2) is 5.76 Å². The lowest BCUT2D eigenvalue weighted by atomic mass is 9.97. The number of nitrogens with one attached hydrogen (secondary N) is 3. The summed E-state index contributed by atoms with van der Waals surface area (Å²) in [6, 6.07) is 14.5. The Bertz CT molecular complexity index is 1850. The predicted octanol–water partition coefficient (Wildman–Crippen LogP) is 5.10. The molecule has 2 aromatic carbocycles. The first kappa shape index (κ1) is 43.6. The van der Waals surface area contributed by atoms with E-state index in [1.54, 1.807) is 58.0 Å². The van der Waals surface area contributed by atoms with Crippen LogP contribution in [0.15, 0.2) is 71.1 Å². The topological polar surface area (TPSA) is 173 Å². The predicted molar refractivity (Wildman–Crippen MR) is 201 cm³/mol. The maximum absolute atomic E-state index is 14.4. The van der Waals surface area contributed by atoms with Crippen molar-refractivity contribution >= 4 is 47.0 Å². The van der Waals surface area contributed by atoms with E-state index in [2.05, 4.69) is 10.6 Å². The zero-order chi connectivity index (χ0) is 41.2. The lowest BCUT2D eigenvalue weighted by Crippen LogP contribution is -2.57. The van der Waals surface area contributed by atoms with E-state index in [-0.39, 0.29) is 25.3 Å². The fourth-order valence-electron chi connectivity index (χ4n) is 5.95. The molecule has 0 spiro atoms. The van der Waals surface area contributed by atoms with Gasteiger partial charge in [-0.05, 0) is 68.7 Å². The number of esters is 1. The highest BCUT2D eigenvalue weighted by atomic mass is 35.5. The number of benzene rings is 2. The number of ketones is 1. The van der Waals surface area contributed by atoms with E-state index < -0.39 is 90.5 Å². The molecule has 3 aromatic rings. The Morgan fingerprint density at radius 2 is 1.64 bits per heavy atom. The van der Waals surface area contributed by atoms with Gasteiger partial charge in [0.2, 0.25) is 24.0 Å². The van der Waals surface area contributed by atoms with Crippen molar-refractivity contribution in [3.63, 3.8) is 0 Å². The van der Waals surface area contributed by atoms with Crippen LogP contribution in [0.5, 0.6) is 0 Å². The van der Waals surface area contributed by atoms with Crippen LogP contribution in [-0.4, -0.2) is 89.6 Å². The number of likely N-dealkylation sites (tertiary alicyclic amines) is 1. The van der Waals surface area contributed by atoms with Gasteiger partial charge in [-0.15, -0.1) is 0 Å². The summed E-state index contributed by atoms with van der Waals surface area (Å²) in [7, 11) is 0. The molecule has 0 radical (unpaired) electrons. The number of hydrogen-bond acceptors (Lipinski definition) is 9. The highest BCUT2D eigenvalue weighted by Gasteiger charge is 2.45. The summed E-state index contributed by atoms with van der Waals surface area (Å²) in [6.45, 7) is 7.64. The van der Waals surface area contributed by atoms with E-state index in [1.807, 2.05) is 42.6 Å². The van der Waals surface area contributed by atoms with Crippen LogP contribution in [0.4, 0.5) is 8.78 Å². The Morgan fingerprint density at radius 3 is 2.27 bits per heavy atom. The summed E-state index contributed by atoms with van der Waals surface area (Å²) in [4.78, 5) is 80.9. The average molecular weight is 801 g/mol. The van der Waals surface area contributed by atoms with Crippen molar-refractivity contribution in [1.29, 1.82) is 0 Å². The van der Waals surface area contributed by atoms with Gasteiger partial charge in [-0.1, -0.05) is 62.2 Å². The molecule has 0 aliphatic carbocycles. The van der Waals surface area contributed by atoms with Crippen LogP contribution in [0.2, 0.25) is 5.02 Å². The van der Waals surface area contributed by atoms with E-state index in [1.165, 1.54) is 11.0 Å². The van der Waals surface area contributed by atoms with Crippen LogP contribution in [0.25, 0.3) is 11.3 Å². The van der Waals surface area contributed by atoms with Crippen LogP contribution in [-0.2, 0) is 40.1 Å². The lowest BCUT2D eigenvalue weighted by Gasteiger charge is -2.31. The molecule has 1 saturated heterocycles. The van der Waals surface area contributed by atoms with E-state index >= 15 is 0 Å². The molecule has 0 unspecified atom stereocenters. The molecule has 0 bridgehead atoms. The van der Waals surface area contributed by atoms with Crippen molar-refractivity contribution in [3.8, 4) is 11.3 Å². The first-order valence-corrected chi connectivity index (χ1v) is 18.6. The van der Waals surface area contributed by atoms with Crippen molar-refractivity contribution in [2.75, 3.05) is 13.1 Å². The summed E-state index contributed by atoms with van der Waals surface area (Å²) in [6.07, 6.45) is -4.69. The van der Waals surface area contributed by atoms with Crippen LogP contribution < -0.4 is 16.0 Å². The van der Waals surface area contributed by atoms with E-state index in [4.69, 9.17) is 25.5 Å². The maximum Gasteiger partial charge on any atom is 0.325 e. The summed E-state index contributed by atoms with van der Waals surface area (Å²) >= 11 is 5.99. The monoisotopic (exact) mass is 800 g/mol. The molecular weight excluding hydrogens is 754 g/mol. The number of Topliss-reactive ketones (excluding diaryl/α,β-unsaturated/α-hetero) is 1. The van der Waals surface area contributed by atoms with Crippen molar-refractivity contribution in [2.45, 2.75) is 96.7 Å². The Morgan fingerprint density at radius 1 is 0.964 bits per heavy atom. The highest BCUT2D eigenvalue weighted by Crippen LogP contribution is 2.27. The number of carbonyl (C=O) groups excluding carboxylic acids is 6. The Hall–Kier alpha value is -5.15. The number of hydrogen-bond donors (Lipinski definition) is 3. The molecule has 1 aromatic heterocycles. The molecule has 1 aliphatic heterocycles. The number of rotatable bonds is 17. The minimum absolute atomic E-state index is 0.0749. The Labute approximate surface area is 328 Å². The molecule has 4 rings (SSSR count). The molecule has 5 atom stereocenters. The number of halogens is 3. The SMILES string of the molecule is CC[C@@H](C)[C@H](NC(=O)c1ccc(-c2ccc(Cl)cc2)o1)C(=O)N1C[C@H](OCc2ccccc2)C[C@H]1C(=O)N[C@@H](CC(F)F)C(=O)C(=O)NCC(=O)OC(C)(C)C. The number of alkyl halides is 2. The van der Waals surface area contributed by atoms with Crippen LogP contribution in [0.1, 0.15) is 70.0 Å².